The SMILES string of the molecule is Cn1ccc([C@@H]2CCCN(C(=O)/C=C/c3cccs3)C2)n1. The normalized spacial score (nSPS) is 19.3. The van der Waals surface area contributed by atoms with Crippen molar-refractivity contribution in [3.05, 3.63) is 46.4 Å². The van der Waals surface area contributed by atoms with Crippen LogP contribution in [-0.4, -0.2) is 33.7 Å². The number of carbonyl (C=O) groups excluding carboxylic acids is 1. The van der Waals surface area contributed by atoms with Crippen molar-refractivity contribution in [1.82, 2.24) is 14.7 Å². The number of thiophene rings is 1. The van der Waals surface area contributed by atoms with Crippen LogP contribution in [0.5, 0.6) is 0 Å². The van der Waals surface area contributed by atoms with Gasteiger partial charge in [0.1, 0.15) is 0 Å². The van der Waals surface area contributed by atoms with Gasteiger partial charge in [-0.1, -0.05) is 6.07 Å². The average Bonchev–Trinajstić information content (AvgIpc) is 3.16. The van der Waals surface area contributed by atoms with E-state index in [1.165, 1.54) is 0 Å². The summed E-state index contributed by atoms with van der Waals surface area (Å²) in [6.45, 7) is 1.61. The highest BCUT2D eigenvalue weighted by atomic mass is 32.1. The Morgan fingerprint density at radius 1 is 1.48 bits per heavy atom. The Bertz CT molecular complexity index is 630. The van der Waals surface area contributed by atoms with Gasteiger partial charge in [-0.25, -0.2) is 0 Å². The van der Waals surface area contributed by atoms with Crippen molar-refractivity contribution in [3.8, 4) is 0 Å². The predicted octanol–water partition coefficient (Wildman–Crippen LogP) is 2.90. The van der Waals surface area contributed by atoms with E-state index in [2.05, 4.69) is 11.2 Å². The molecule has 0 unspecified atom stereocenters. The zero-order valence-corrected chi connectivity index (χ0v) is 12.9. The summed E-state index contributed by atoms with van der Waals surface area (Å²) in [5.74, 6) is 0.461. The number of hydrogen-bond donors (Lipinski definition) is 0. The molecular weight excluding hydrogens is 282 g/mol. The molecule has 4 nitrogen and oxygen atoms in total. The van der Waals surface area contributed by atoms with Crippen molar-refractivity contribution >= 4 is 23.3 Å². The number of amides is 1. The van der Waals surface area contributed by atoms with Crippen molar-refractivity contribution in [2.24, 2.45) is 7.05 Å². The molecule has 0 aliphatic carbocycles. The third kappa shape index (κ3) is 3.42. The van der Waals surface area contributed by atoms with Gasteiger partial charge in [-0.2, -0.15) is 5.10 Å². The maximum absolute atomic E-state index is 12.3. The average molecular weight is 301 g/mol. The van der Waals surface area contributed by atoms with Crippen LogP contribution in [0.15, 0.2) is 35.9 Å². The van der Waals surface area contributed by atoms with E-state index in [-0.39, 0.29) is 5.91 Å². The standard InChI is InChI=1S/C16H19N3OS/c1-18-10-8-15(17-18)13-4-2-9-19(12-13)16(20)7-6-14-5-3-11-21-14/h3,5-8,10-11,13H,2,4,9,12H2,1H3/b7-6+/t13-/m1/s1. The Labute approximate surface area is 128 Å². The van der Waals surface area contributed by atoms with Gasteiger partial charge in [0.05, 0.1) is 5.69 Å². The highest BCUT2D eigenvalue weighted by Gasteiger charge is 2.24. The van der Waals surface area contributed by atoms with Crippen LogP contribution in [-0.2, 0) is 11.8 Å². The lowest BCUT2D eigenvalue weighted by atomic mass is 9.95. The van der Waals surface area contributed by atoms with E-state index < -0.39 is 0 Å². The minimum absolute atomic E-state index is 0.101. The Morgan fingerprint density at radius 2 is 2.38 bits per heavy atom. The topological polar surface area (TPSA) is 38.1 Å². The molecule has 3 rings (SSSR count). The van der Waals surface area contributed by atoms with Crippen molar-refractivity contribution in [2.45, 2.75) is 18.8 Å². The first-order valence-electron chi connectivity index (χ1n) is 7.22. The second kappa shape index (κ2) is 6.26. The molecule has 2 aromatic rings. The quantitative estimate of drug-likeness (QED) is 0.818. The zero-order valence-electron chi connectivity index (χ0n) is 12.1. The summed E-state index contributed by atoms with van der Waals surface area (Å²) in [5, 5.41) is 6.49. The third-order valence-electron chi connectivity index (χ3n) is 3.82. The minimum Gasteiger partial charge on any atom is -0.338 e. The van der Waals surface area contributed by atoms with Gasteiger partial charge in [-0.05, 0) is 36.4 Å². The van der Waals surface area contributed by atoms with Gasteiger partial charge in [-0.3, -0.25) is 9.48 Å². The molecule has 1 atom stereocenters. The number of carbonyl (C=O) groups is 1. The van der Waals surface area contributed by atoms with Gasteiger partial charge in [-0.15, -0.1) is 11.3 Å². The Morgan fingerprint density at radius 3 is 3.10 bits per heavy atom. The molecule has 5 heteroatoms. The summed E-state index contributed by atoms with van der Waals surface area (Å²) in [6.07, 6.45) is 7.70. The van der Waals surface area contributed by atoms with Gasteiger partial charge < -0.3 is 4.90 Å². The highest BCUT2D eigenvalue weighted by molar-refractivity contribution is 7.10. The van der Waals surface area contributed by atoms with Crippen molar-refractivity contribution in [3.63, 3.8) is 0 Å². The van der Waals surface area contributed by atoms with Crippen LogP contribution >= 0.6 is 11.3 Å². The van der Waals surface area contributed by atoms with E-state index in [9.17, 15) is 4.79 Å². The lowest BCUT2D eigenvalue weighted by molar-refractivity contribution is -0.127. The number of likely N-dealkylation sites (tertiary alicyclic amines) is 1. The summed E-state index contributed by atoms with van der Waals surface area (Å²) in [7, 11) is 1.93. The summed E-state index contributed by atoms with van der Waals surface area (Å²) >= 11 is 1.64. The van der Waals surface area contributed by atoms with E-state index in [0.29, 0.717) is 5.92 Å². The molecule has 1 saturated heterocycles. The predicted molar refractivity (Wildman–Crippen MR) is 85.1 cm³/mol. The first kappa shape index (κ1) is 14.1. The number of piperidine rings is 1. The van der Waals surface area contributed by atoms with Crippen molar-refractivity contribution < 1.29 is 4.79 Å². The van der Waals surface area contributed by atoms with E-state index in [1.54, 1.807) is 17.4 Å². The third-order valence-corrected chi connectivity index (χ3v) is 4.66. The molecule has 0 N–H and O–H groups in total. The Kier molecular flexibility index (Phi) is 4.20. The molecule has 1 aliphatic heterocycles. The fraction of sp³-hybridized carbons (Fsp3) is 0.375. The van der Waals surface area contributed by atoms with Crippen LogP contribution in [0.1, 0.15) is 29.3 Å². The van der Waals surface area contributed by atoms with Crippen LogP contribution in [0.25, 0.3) is 6.08 Å². The van der Waals surface area contributed by atoms with Gasteiger partial charge in [0.25, 0.3) is 0 Å². The minimum atomic E-state index is 0.101. The molecule has 21 heavy (non-hydrogen) atoms. The zero-order chi connectivity index (χ0) is 14.7. The molecular formula is C16H19N3OS. The molecule has 0 radical (unpaired) electrons. The van der Waals surface area contributed by atoms with Gasteiger partial charge in [0.2, 0.25) is 5.91 Å². The number of aryl methyl sites for hydroxylation is 1. The number of hydrogen-bond acceptors (Lipinski definition) is 3. The smallest absolute Gasteiger partial charge is 0.246 e. The fourth-order valence-corrected chi connectivity index (χ4v) is 3.33. The summed E-state index contributed by atoms with van der Waals surface area (Å²) in [4.78, 5) is 15.3. The lowest BCUT2D eigenvalue weighted by Crippen LogP contribution is -2.38. The molecule has 3 heterocycles. The second-order valence-corrected chi connectivity index (χ2v) is 6.37. The Balaban J connectivity index is 1.64. The summed E-state index contributed by atoms with van der Waals surface area (Å²) in [6, 6.07) is 6.06. The monoisotopic (exact) mass is 301 g/mol. The molecule has 0 saturated carbocycles. The highest BCUT2D eigenvalue weighted by Crippen LogP contribution is 2.25. The number of aromatic nitrogens is 2. The lowest BCUT2D eigenvalue weighted by Gasteiger charge is -2.31. The summed E-state index contributed by atoms with van der Waals surface area (Å²) in [5.41, 5.74) is 1.09. The van der Waals surface area contributed by atoms with Gasteiger partial charge in [0, 0.05) is 43.2 Å². The first-order chi connectivity index (χ1) is 10.2. The second-order valence-electron chi connectivity index (χ2n) is 5.39. The van der Waals surface area contributed by atoms with E-state index >= 15 is 0 Å². The molecule has 1 fully saturated rings. The van der Waals surface area contributed by atoms with Crippen LogP contribution in [0.3, 0.4) is 0 Å². The molecule has 0 aromatic carbocycles. The van der Waals surface area contributed by atoms with E-state index in [4.69, 9.17) is 0 Å². The molecule has 0 bridgehead atoms. The largest absolute Gasteiger partial charge is 0.338 e. The van der Waals surface area contributed by atoms with Crippen molar-refractivity contribution in [1.29, 1.82) is 0 Å². The van der Waals surface area contributed by atoms with Crippen molar-refractivity contribution in [2.75, 3.05) is 13.1 Å². The van der Waals surface area contributed by atoms with Crippen LogP contribution < -0.4 is 0 Å². The molecule has 110 valence electrons. The maximum Gasteiger partial charge on any atom is 0.246 e. The Hall–Kier alpha value is -1.88. The fourth-order valence-electron chi connectivity index (χ4n) is 2.71. The van der Waals surface area contributed by atoms with Crippen LogP contribution in [0, 0.1) is 0 Å². The maximum atomic E-state index is 12.3. The molecule has 1 aliphatic rings. The number of nitrogens with zero attached hydrogens (tertiary/aromatic N) is 3. The number of rotatable bonds is 3. The van der Waals surface area contributed by atoms with E-state index in [1.807, 2.05) is 46.4 Å². The molecule has 1 amide bonds. The molecule has 0 spiro atoms. The van der Waals surface area contributed by atoms with Crippen LogP contribution in [0.4, 0.5) is 0 Å². The van der Waals surface area contributed by atoms with Gasteiger partial charge >= 0.3 is 0 Å². The summed E-state index contributed by atoms with van der Waals surface area (Å²) < 4.78 is 1.83. The van der Waals surface area contributed by atoms with E-state index in [0.717, 1.165) is 36.5 Å². The first-order valence-corrected chi connectivity index (χ1v) is 8.10. The van der Waals surface area contributed by atoms with Gasteiger partial charge in [0.15, 0.2) is 0 Å². The molecule has 2 aromatic heterocycles. The van der Waals surface area contributed by atoms with Crippen LogP contribution in [0.2, 0.25) is 0 Å².